The molecule has 0 aliphatic carbocycles. The van der Waals surface area contributed by atoms with Crippen molar-refractivity contribution >= 4 is 19.2 Å². The van der Waals surface area contributed by atoms with Gasteiger partial charge in [-0.3, -0.25) is 4.89 Å². The number of hydrogen-bond donors (Lipinski definition) is 0. The molecule has 26 heavy (non-hydrogen) atoms. The SMILES string of the molecule is C=C[Si](CC)(CC)c1ccc(C(=O)OOCCCCCCCCC)cc1. The zero-order valence-electron chi connectivity index (χ0n) is 16.9. The van der Waals surface area contributed by atoms with E-state index >= 15 is 0 Å². The van der Waals surface area contributed by atoms with E-state index in [9.17, 15) is 4.79 Å². The molecular formula is C22H36O3Si. The third kappa shape index (κ3) is 7.08. The molecule has 0 aliphatic rings. The Labute approximate surface area is 160 Å². The third-order valence-electron chi connectivity index (χ3n) is 5.31. The van der Waals surface area contributed by atoms with E-state index in [0.29, 0.717) is 12.2 Å². The van der Waals surface area contributed by atoms with Crippen LogP contribution in [0.3, 0.4) is 0 Å². The van der Waals surface area contributed by atoms with Crippen molar-refractivity contribution in [2.24, 2.45) is 0 Å². The first-order valence-electron chi connectivity index (χ1n) is 10.2. The normalized spacial score (nSPS) is 11.3. The van der Waals surface area contributed by atoms with Crippen LogP contribution in [0.4, 0.5) is 0 Å². The molecule has 0 radical (unpaired) electrons. The van der Waals surface area contributed by atoms with Gasteiger partial charge in [0.2, 0.25) is 0 Å². The minimum absolute atomic E-state index is 0.418. The van der Waals surface area contributed by atoms with Gasteiger partial charge >= 0.3 is 5.97 Å². The first-order chi connectivity index (χ1) is 12.6. The Morgan fingerprint density at radius 2 is 1.54 bits per heavy atom. The van der Waals surface area contributed by atoms with Crippen molar-refractivity contribution in [3.8, 4) is 0 Å². The van der Waals surface area contributed by atoms with Gasteiger partial charge < -0.3 is 0 Å². The molecule has 0 aliphatic heterocycles. The third-order valence-corrected chi connectivity index (χ3v) is 10.1. The lowest BCUT2D eigenvalue weighted by Gasteiger charge is -2.25. The minimum Gasteiger partial charge on any atom is -0.293 e. The van der Waals surface area contributed by atoms with Crippen molar-refractivity contribution in [3.63, 3.8) is 0 Å². The summed E-state index contributed by atoms with van der Waals surface area (Å²) in [5, 5.41) is 1.32. The van der Waals surface area contributed by atoms with E-state index in [4.69, 9.17) is 9.78 Å². The zero-order chi connectivity index (χ0) is 19.3. The van der Waals surface area contributed by atoms with E-state index < -0.39 is 14.0 Å². The highest BCUT2D eigenvalue weighted by Gasteiger charge is 2.27. The van der Waals surface area contributed by atoms with Crippen LogP contribution in [0, 0.1) is 0 Å². The van der Waals surface area contributed by atoms with Gasteiger partial charge in [-0.15, -0.1) is 6.58 Å². The molecule has 1 aromatic carbocycles. The molecule has 0 saturated carbocycles. The lowest BCUT2D eigenvalue weighted by molar-refractivity contribution is -0.241. The summed E-state index contributed by atoms with van der Waals surface area (Å²) in [6.07, 6.45) is 8.46. The average molecular weight is 377 g/mol. The number of benzene rings is 1. The van der Waals surface area contributed by atoms with Gasteiger partial charge in [0.25, 0.3) is 0 Å². The van der Waals surface area contributed by atoms with Gasteiger partial charge in [-0.1, -0.05) is 94.4 Å². The lowest BCUT2D eigenvalue weighted by atomic mass is 10.1. The van der Waals surface area contributed by atoms with Crippen molar-refractivity contribution in [1.82, 2.24) is 0 Å². The Hall–Kier alpha value is -1.39. The standard InChI is InChI=1S/C22H36O3Si/c1-5-9-10-11-12-13-14-19-24-25-22(23)20-15-17-21(18-16-20)26(6-2,7-3)8-4/h6,15-18H,2,5,7-14,19H2,1,3-4H3. The molecule has 146 valence electrons. The van der Waals surface area contributed by atoms with Crippen molar-refractivity contribution in [3.05, 3.63) is 42.1 Å². The molecule has 0 aromatic heterocycles. The molecule has 4 heteroatoms. The highest BCUT2D eigenvalue weighted by atomic mass is 28.3. The first-order valence-corrected chi connectivity index (χ1v) is 12.7. The predicted octanol–water partition coefficient (Wildman–Crippen LogP) is 5.95. The van der Waals surface area contributed by atoms with Crippen molar-refractivity contribution in [2.45, 2.75) is 77.8 Å². The van der Waals surface area contributed by atoms with Gasteiger partial charge in [0.15, 0.2) is 0 Å². The molecule has 0 fully saturated rings. The van der Waals surface area contributed by atoms with E-state index in [-0.39, 0.29) is 0 Å². The Bertz CT molecular complexity index is 521. The Balaban J connectivity index is 2.34. The first kappa shape index (κ1) is 22.6. The van der Waals surface area contributed by atoms with Crippen LogP contribution in [0.2, 0.25) is 12.1 Å². The fraction of sp³-hybridized carbons (Fsp3) is 0.591. The van der Waals surface area contributed by atoms with E-state index in [1.54, 1.807) is 0 Å². The van der Waals surface area contributed by atoms with Gasteiger partial charge in [0, 0.05) is 0 Å². The van der Waals surface area contributed by atoms with Gasteiger partial charge in [-0.05, 0) is 18.6 Å². The van der Waals surface area contributed by atoms with Gasteiger partial charge in [0.1, 0.15) is 8.07 Å². The average Bonchev–Trinajstić information content (AvgIpc) is 2.69. The highest BCUT2D eigenvalue weighted by molar-refractivity contribution is 6.95. The lowest BCUT2D eigenvalue weighted by Crippen LogP contribution is -2.44. The molecule has 3 nitrogen and oxygen atoms in total. The van der Waals surface area contributed by atoms with E-state index in [1.165, 1.54) is 37.3 Å². The Morgan fingerprint density at radius 3 is 2.08 bits per heavy atom. The Morgan fingerprint density at radius 1 is 0.962 bits per heavy atom. The zero-order valence-corrected chi connectivity index (χ0v) is 17.9. The smallest absolute Gasteiger partial charge is 0.293 e. The maximum atomic E-state index is 12.1. The molecule has 1 rings (SSSR count). The quantitative estimate of drug-likeness (QED) is 0.174. The number of hydrogen-bond acceptors (Lipinski definition) is 3. The second-order valence-corrected chi connectivity index (χ2v) is 11.7. The summed E-state index contributed by atoms with van der Waals surface area (Å²) in [4.78, 5) is 22.1. The maximum Gasteiger partial charge on any atom is 0.373 e. The van der Waals surface area contributed by atoms with Crippen molar-refractivity contribution < 1.29 is 14.6 Å². The second kappa shape index (κ2) is 12.9. The molecule has 0 saturated heterocycles. The molecule has 0 heterocycles. The Kier molecular flexibility index (Phi) is 11.2. The van der Waals surface area contributed by atoms with E-state index in [0.717, 1.165) is 24.9 Å². The van der Waals surface area contributed by atoms with Crippen LogP contribution < -0.4 is 5.19 Å². The fourth-order valence-electron chi connectivity index (χ4n) is 3.26. The molecule has 0 spiro atoms. The van der Waals surface area contributed by atoms with E-state index in [1.807, 2.05) is 24.3 Å². The van der Waals surface area contributed by atoms with Crippen molar-refractivity contribution in [2.75, 3.05) is 6.61 Å². The van der Waals surface area contributed by atoms with Crippen LogP contribution in [-0.2, 0) is 9.78 Å². The van der Waals surface area contributed by atoms with Crippen LogP contribution in [-0.4, -0.2) is 20.7 Å². The molecule has 0 N–H and O–H groups in total. The topological polar surface area (TPSA) is 35.5 Å². The minimum atomic E-state index is -1.62. The molecule has 0 atom stereocenters. The monoisotopic (exact) mass is 376 g/mol. The maximum absolute atomic E-state index is 12.1. The molecule has 0 bridgehead atoms. The summed E-state index contributed by atoms with van der Waals surface area (Å²) in [5.41, 5.74) is 2.68. The summed E-state index contributed by atoms with van der Waals surface area (Å²) in [5.74, 6) is -0.418. The molecule has 0 amide bonds. The second-order valence-electron chi connectivity index (χ2n) is 6.96. The van der Waals surface area contributed by atoms with Crippen LogP contribution in [0.25, 0.3) is 0 Å². The van der Waals surface area contributed by atoms with Crippen LogP contribution in [0.15, 0.2) is 36.5 Å². The molecular weight excluding hydrogens is 340 g/mol. The van der Waals surface area contributed by atoms with Crippen molar-refractivity contribution in [1.29, 1.82) is 0 Å². The predicted molar refractivity (Wildman–Crippen MR) is 112 cm³/mol. The molecule has 1 aromatic rings. The number of unbranched alkanes of at least 4 members (excludes halogenated alkanes) is 6. The van der Waals surface area contributed by atoms with Crippen LogP contribution in [0.5, 0.6) is 0 Å². The van der Waals surface area contributed by atoms with Gasteiger partial charge in [-0.25, -0.2) is 4.79 Å². The van der Waals surface area contributed by atoms with Crippen LogP contribution >= 0.6 is 0 Å². The highest BCUT2D eigenvalue weighted by Crippen LogP contribution is 2.17. The van der Waals surface area contributed by atoms with E-state index in [2.05, 4.69) is 33.0 Å². The summed E-state index contributed by atoms with van der Waals surface area (Å²) in [7, 11) is -1.62. The van der Waals surface area contributed by atoms with Crippen LogP contribution in [0.1, 0.15) is 76.1 Å². The summed E-state index contributed by atoms with van der Waals surface area (Å²) in [6, 6.07) is 10.0. The number of carbonyl (C=O) groups excluding carboxylic acids is 1. The number of carbonyl (C=O) groups is 1. The fourth-order valence-corrected chi connectivity index (χ4v) is 6.22. The summed E-state index contributed by atoms with van der Waals surface area (Å²) in [6.45, 7) is 11.2. The largest absolute Gasteiger partial charge is 0.373 e. The van der Waals surface area contributed by atoms with Gasteiger partial charge in [0.05, 0.1) is 12.2 Å². The molecule has 0 unspecified atom stereocenters. The van der Waals surface area contributed by atoms with Gasteiger partial charge in [-0.2, -0.15) is 4.89 Å². The summed E-state index contributed by atoms with van der Waals surface area (Å²) < 4.78 is 0. The number of rotatable bonds is 14. The summed E-state index contributed by atoms with van der Waals surface area (Å²) >= 11 is 0.